The Morgan fingerprint density at radius 2 is 1.95 bits per heavy atom. The number of methoxy groups -OCH3 is 1. The Hall–Kier alpha value is -0.810. The molecule has 22 heavy (non-hydrogen) atoms. The summed E-state index contributed by atoms with van der Waals surface area (Å²) < 4.78 is 4.59. The number of amides is 1. The van der Waals surface area contributed by atoms with Crippen LogP contribution in [0.2, 0.25) is 0 Å². The van der Waals surface area contributed by atoms with Crippen LogP contribution in [0.3, 0.4) is 0 Å². The first-order valence-electron chi connectivity index (χ1n) is 8.31. The van der Waals surface area contributed by atoms with Gasteiger partial charge in [0.05, 0.1) is 13.2 Å². The van der Waals surface area contributed by atoms with Crippen molar-refractivity contribution in [3.8, 4) is 0 Å². The molecule has 2 aliphatic rings. The van der Waals surface area contributed by atoms with Gasteiger partial charge >= 0.3 is 5.97 Å². The molecule has 6 heteroatoms. The summed E-state index contributed by atoms with van der Waals surface area (Å²) in [5, 5.41) is 6.51. The van der Waals surface area contributed by atoms with Gasteiger partial charge < -0.3 is 15.4 Å². The molecular weight excluding hydrogens is 304 g/mol. The maximum absolute atomic E-state index is 12.1. The van der Waals surface area contributed by atoms with Gasteiger partial charge in [-0.25, -0.2) is 0 Å². The van der Waals surface area contributed by atoms with E-state index < -0.39 is 0 Å². The zero-order valence-corrected chi connectivity index (χ0v) is 14.3. The fourth-order valence-corrected chi connectivity index (χ4v) is 3.53. The van der Waals surface area contributed by atoms with E-state index in [1.54, 1.807) is 0 Å². The van der Waals surface area contributed by atoms with E-state index in [0.717, 1.165) is 25.7 Å². The highest BCUT2D eigenvalue weighted by Crippen LogP contribution is 2.33. The summed E-state index contributed by atoms with van der Waals surface area (Å²) in [6, 6.07) is 0.572. The minimum atomic E-state index is -0.156. The second-order valence-corrected chi connectivity index (χ2v) is 6.28. The maximum atomic E-state index is 12.1. The van der Waals surface area contributed by atoms with Crippen LogP contribution in [0, 0.1) is 5.92 Å². The standard InChI is InChI=1S/C16H28N2O3.ClH/c1-21-15(19)9-3-2-6-10-17-16(20)14-11-12-7-4-5-8-13(12)18-14;/h12-14,18H,2-11H2,1H3,(H,17,20);1H. The van der Waals surface area contributed by atoms with E-state index in [1.165, 1.54) is 32.8 Å². The fourth-order valence-electron chi connectivity index (χ4n) is 3.53. The second-order valence-electron chi connectivity index (χ2n) is 6.28. The molecule has 2 fully saturated rings. The van der Waals surface area contributed by atoms with E-state index in [0.29, 0.717) is 24.9 Å². The van der Waals surface area contributed by atoms with Crippen LogP contribution in [-0.4, -0.2) is 37.6 Å². The molecule has 0 aromatic rings. The summed E-state index contributed by atoms with van der Waals surface area (Å²) in [5.41, 5.74) is 0. The van der Waals surface area contributed by atoms with E-state index in [9.17, 15) is 9.59 Å². The van der Waals surface area contributed by atoms with Crippen LogP contribution < -0.4 is 10.6 Å². The van der Waals surface area contributed by atoms with Crippen LogP contribution in [0.4, 0.5) is 0 Å². The minimum absolute atomic E-state index is 0. The predicted octanol–water partition coefficient (Wildman–Crippen LogP) is 2.18. The normalized spacial score (nSPS) is 26.7. The summed E-state index contributed by atoms with van der Waals surface area (Å²) in [6.45, 7) is 0.702. The third-order valence-corrected chi connectivity index (χ3v) is 4.76. The number of carbonyl (C=O) groups excluding carboxylic acids is 2. The Kier molecular flexibility index (Phi) is 8.79. The van der Waals surface area contributed by atoms with Gasteiger partial charge in [-0.3, -0.25) is 9.59 Å². The van der Waals surface area contributed by atoms with Crippen LogP contribution in [0.1, 0.15) is 57.8 Å². The summed E-state index contributed by atoms with van der Waals surface area (Å²) in [5.74, 6) is 0.698. The molecule has 5 nitrogen and oxygen atoms in total. The molecule has 0 radical (unpaired) electrons. The van der Waals surface area contributed by atoms with Gasteiger partial charge in [-0.05, 0) is 38.0 Å². The van der Waals surface area contributed by atoms with Gasteiger partial charge in [0.15, 0.2) is 0 Å². The predicted molar refractivity (Wildman–Crippen MR) is 88.0 cm³/mol. The number of carbonyl (C=O) groups is 2. The van der Waals surface area contributed by atoms with Crippen molar-refractivity contribution >= 4 is 24.3 Å². The lowest BCUT2D eigenvalue weighted by molar-refractivity contribution is -0.140. The van der Waals surface area contributed by atoms with Gasteiger partial charge in [0.2, 0.25) is 5.91 Å². The van der Waals surface area contributed by atoms with Gasteiger partial charge in [-0.1, -0.05) is 19.3 Å². The molecule has 1 saturated carbocycles. The monoisotopic (exact) mass is 332 g/mol. The van der Waals surface area contributed by atoms with Crippen LogP contribution in [0.25, 0.3) is 0 Å². The van der Waals surface area contributed by atoms with Crippen molar-refractivity contribution in [2.75, 3.05) is 13.7 Å². The highest BCUT2D eigenvalue weighted by Gasteiger charge is 2.37. The molecule has 2 rings (SSSR count). The third kappa shape index (κ3) is 5.76. The number of esters is 1. The summed E-state index contributed by atoms with van der Waals surface area (Å²) in [7, 11) is 1.41. The molecule has 0 spiro atoms. The zero-order valence-electron chi connectivity index (χ0n) is 13.4. The quantitative estimate of drug-likeness (QED) is 0.554. The number of nitrogens with one attached hydrogen (secondary N) is 2. The van der Waals surface area contributed by atoms with Gasteiger partial charge in [0.25, 0.3) is 0 Å². The van der Waals surface area contributed by atoms with Crippen LogP contribution in [-0.2, 0) is 14.3 Å². The van der Waals surface area contributed by atoms with E-state index in [1.807, 2.05) is 0 Å². The largest absolute Gasteiger partial charge is 0.469 e. The second kappa shape index (κ2) is 10.1. The maximum Gasteiger partial charge on any atom is 0.305 e. The summed E-state index contributed by atoms with van der Waals surface area (Å²) in [4.78, 5) is 23.1. The first-order chi connectivity index (χ1) is 10.2. The summed E-state index contributed by atoms with van der Waals surface area (Å²) in [6.07, 6.45) is 9.27. The molecule has 128 valence electrons. The topological polar surface area (TPSA) is 67.4 Å². The molecule has 0 aromatic heterocycles. The third-order valence-electron chi connectivity index (χ3n) is 4.76. The molecular formula is C16H29ClN2O3. The number of unbranched alkanes of at least 4 members (excludes halogenated alkanes) is 2. The fraction of sp³-hybridized carbons (Fsp3) is 0.875. The molecule has 3 unspecified atom stereocenters. The Balaban J connectivity index is 0.00000242. The highest BCUT2D eigenvalue weighted by atomic mass is 35.5. The summed E-state index contributed by atoms with van der Waals surface area (Å²) >= 11 is 0. The highest BCUT2D eigenvalue weighted by molar-refractivity contribution is 5.85. The number of ether oxygens (including phenoxy) is 1. The molecule has 2 N–H and O–H groups in total. The Bertz CT molecular complexity index is 351. The van der Waals surface area contributed by atoms with E-state index in [-0.39, 0.29) is 30.3 Å². The molecule has 3 atom stereocenters. The first-order valence-corrected chi connectivity index (χ1v) is 8.31. The zero-order chi connectivity index (χ0) is 15.1. The van der Waals surface area contributed by atoms with Crippen molar-refractivity contribution in [2.24, 2.45) is 5.92 Å². The van der Waals surface area contributed by atoms with Crippen molar-refractivity contribution < 1.29 is 14.3 Å². The molecule has 1 aliphatic heterocycles. The van der Waals surface area contributed by atoms with Crippen LogP contribution in [0.15, 0.2) is 0 Å². The van der Waals surface area contributed by atoms with E-state index in [2.05, 4.69) is 15.4 Å². The van der Waals surface area contributed by atoms with Gasteiger partial charge in [-0.2, -0.15) is 0 Å². The van der Waals surface area contributed by atoms with Gasteiger partial charge in [-0.15, -0.1) is 12.4 Å². The van der Waals surface area contributed by atoms with Crippen LogP contribution in [0.5, 0.6) is 0 Å². The van der Waals surface area contributed by atoms with Gasteiger partial charge in [0, 0.05) is 19.0 Å². The lowest BCUT2D eigenvalue weighted by Crippen LogP contribution is -2.43. The number of halogens is 1. The SMILES string of the molecule is COC(=O)CCCCCNC(=O)C1CC2CCCCC2N1.Cl. The average Bonchev–Trinajstić information content (AvgIpc) is 2.94. The lowest BCUT2D eigenvalue weighted by atomic mass is 9.85. The molecule has 1 aliphatic carbocycles. The van der Waals surface area contributed by atoms with E-state index in [4.69, 9.17) is 0 Å². The van der Waals surface area contributed by atoms with Crippen molar-refractivity contribution in [2.45, 2.75) is 69.9 Å². The molecule has 0 aromatic carbocycles. The number of rotatable bonds is 7. The minimum Gasteiger partial charge on any atom is -0.469 e. The van der Waals surface area contributed by atoms with Crippen molar-refractivity contribution in [1.29, 1.82) is 0 Å². The van der Waals surface area contributed by atoms with Crippen LogP contribution >= 0.6 is 12.4 Å². The molecule has 1 saturated heterocycles. The van der Waals surface area contributed by atoms with Gasteiger partial charge in [0.1, 0.15) is 0 Å². The molecule has 0 bridgehead atoms. The lowest BCUT2D eigenvalue weighted by Gasteiger charge is -2.24. The molecule has 1 amide bonds. The molecule has 1 heterocycles. The Morgan fingerprint density at radius 1 is 1.18 bits per heavy atom. The van der Waals surface area contributed by atoms with E-state index >= 15 is 0 Å². The Labute approximate surface area is 139 Å². The Morgan fingerprint density at radius 3 is 2.68 bits per heavy atom. The number of fused-ring (bicyclic) bond motifs is 1. The smallest absolute Gasteiger partial charge is 0.305 e. The number of hydrogen-bond donors (Lipinski definition) is 2. The van der Waals surface area contributed by atoms with Crippen molar-refractivity contribution in [3.05, 3.63) is 0 Å². The van der Waals surface area contributed by atoms with Crippen molar-refractivity contribution in [1.82, 2.24) is 10.6 Å². The van der Waals surface area contributed by atoms with Crippen molar-refractivity contribution in [3.63, 3.8) is 0 Å². The first kappa shape index (κ1) is 19.2. The number of hydrogen-bond acceptors (Lipinski definition) is 4. The average molecular weight is 333 g/mol.